The Balaban J connectivity index is 1.22. The second-order valence-corrected chi connectivity index (χ2v) is 8.64. The summed E-state index contributed by atoms with van der Waals surface area (Å²) in [5.41, 5.74) is 0.715. The minimum atomic E-state index is 0.0131. The van der Waals surface area contributed by atoms with Crippen LogP contribution >= 0.6 is 0 Å². The zero-order valence-electron chi connectivity index (χ0n) is 18.6. The smallest absolute Gasteiger partial charge is 0.260 e. The molecule has 1 atom stereocenters. The first-order chi connectivity index (χ1) is 15.7. The second-order valence-electron chi connectivity index (χ2n) is 8.64. The van der Waals surface area contributed by atoms with Crippen LogP contribution in [0.15, 0.2) is 54.6 Å². The number of piperidine rings is 2. The quantitative estimate of drug-likeness (QED) is 0.658. The summed E-state index contributed by atoms with van der Waals surface area (Å²) in [4.78, 5) is 29.0. The molecule has 2 amide bonds. The normalized spacial score (nSPS) is 18.8. The number of amides is 2. The van der Waals surface area contributed by atoms with Gasteiger partial charge in [-0.15, -0.1) is 0 Å². The molecule has 0 spiro atoms. The van der Waals surface area contributed by atoms with E-state index in [1.165, 1.54) is 6.42 Å². The fourth-order valence-electron chi connectivity index (χ4n) is 4.37. The number of carbonyl (C=O) groups is 2. The number of hydrogen-bond acceptors (Lipinski definition) is 4. The van der Waals surface area contributed by atoms with Gasteiger partial charge in [-0.3, -0.25) is 9.59 Å². The molecule has 6 heteroatoms. The third-order valence-corrected chi connectivity index (χ3v) is 6.21. The maximum Gasteiger partial charge on any atom is 0.260 e. The van der Waals surface area contributed by atoms with E-state index in [1.807, 2.05) is 64.4 Å². The highest BCUT2D eigenvalue weighted by molar-refractivity contribution is 5.94. The van der Waals surface area contributed by atoms with Gasteiger partial charge in [-0.1, -0.05) is 18.2 Å². The molecule has 170 valence electrons. The summed E-state index contributed by atoms with van der Waals surface area (Å²) in [6, 6.07) is 16.9. The molecule has 0 saturated carbocycles. The molecule has 0 bridgehead atoms. The molecule has 2 aromatic rings. The van der Waals surface area contributed by atoms with Crippen LogP contribution in [0.5, 0.6) is 11.5 Å². The van der Waals surface area contributed by atoms with E-state index >= 15 is 0 Å². The molecule has 4 rings (SSSR count). The summed E-state index contributed by atoms with van der Waals surface area (Å²) in [5, 5.41) is 0. The van der Waals surface area contributed by atoms with Gasteiger partial charge in [0.1, 0.15) is 11.5 Å². The maximum atomic E-state index is 12.6. The summed E-state index contributed by atoms with van der Waals surface area (Å²) < 4.78 is 11.6. The van der Waals surface area contributed by atoms with Crippen molar-refractivity contribution in [2.75, 3.05) is 39.4 Å². The average molecular weight is 437 g/mol. The highest BCUT2D eigenvalue weighted by Gasteiger charge is 2.24. The van der Waals surface area contributed by atoms with Crippen LogP contribution in [0, 0.1) is 5.92 Å². The van der Waals surface area contributed by atoms with Gasteiger partial charge in [-0.2, -0.15) is 0 Å². The lowest BCUT2D eigenvalue weighted by Gasteiger charge is -2.32. The first kappa shape index (κ1) is 22.2. The number of ether oxygens (including phenoxy) is 2. The van der Waals surface area contributed by atoms with E-state index in [9.17, 15) is 9.59 Å². The van der Waals surface area contributed by atoms with Crippen LogP contribution in [0.4, 0.5) is 0 Å². The van der Waals surface area contributed by atoms with Gasteiger partial charge in [-0.05, 0) is 68.5 Å². The summed E-state index contributed by atoms with van der Waals surface area (Å²) in [6.45, 7) is 3.77. The van der Waals surface area contributed by atoms with Gasteiger partial charge in [0.25, 0.3) is 11.8 Å². The Hall–Kier alpha value is -3.02. The molecule has 6 nitrogen and oxygen atoms in total. The van der Waals surface area contributed by atoms with Crippen molar-refractivity contribution in [2.45, 2.75) is 32.1 Å². The molecule has 0 radical (unpaired) electrons. The zero-order valence-corrected chi connectivity index (χ0v) is 18.6. The van der Waals surface area contributed by atoms with E-state index in [0.717, 1.165) is 51.1 Å². The minimum absolute atomic E-state index is 0.0131. The first-order valence-corrected chi connectivity index (χ1v) is 11.7. The largest absolute Gasteiger partial charge is 0.493 e. The lowest BCUT2D eigenvalue weighted by atomic mass is 9.99. The lowest BCUT2D eigenvalue weighted by Crippen LogP contribution is -2.43. The Labute approximate surface area is 190 Å². The molecular formula is C26H32N2O4. The highest BCUT2D eigenvalue weighted by atomic mass is 16.5. The van der Waals surface area contributed by atoms with Gasteiger partial charge in [0.05, 0.1) is 6.61 Å². The predicted octanol–water partition coefficient (Wildman–Crippen LogP) is 4.01. The van der Waals surface area contributed by atoms with Crippen molar-refractivity contribution in [1.29, 1.82) is 0 Å². The summed E-state index contributed by atoms with van der Waals surface area (Å²) in [6.07, 6.45) is 5.39. The summed E-state index contributed by atoms with van der Waals surface area (Å²) in [7, 11) is 0. The molecule has 0 N–H and O–H groups in total. The van der Waals surface area contributed by atoms with Crippen LogP contribution in [-0.2, 0) is 4.79 Å². The van der Waals surface area contributed by atoms with E-state index < -0.39 is 0 Å². The molecule has 2 saturated heterocycles. The van der Waals surface area contributed by atoms with Crippen LogP contribution in [0.1, 0.15) is 42.5 Å². The molecule has 32 heavy (non-hydrogen) atoms. The molecule has 2 aliphatic rings. The Morgan fingerprint density at radius 1 is 0.781 bits per heavy atom. The van der Waals surface area contributed by atoms with E-state index in [2.05, 4.69) is 0 Å². The zero-order chi connectivity index (χ0) is 22.2. The van der Waals surface area contributed by atoms with Gasteiger partial charge >= 0.3 is 0 Å². The maximum absolute atomic E-state index is 12.6. The molecule has 0 aliphatic carbocycles. The Kier molecular flexibility index (Phi) is 7.64. The molecule has 0 unspecified atom stereocenters. The number of carbonyl (C=O) groups excluding carboxylic acids is 2. The van der Waals surface area contributed by atoms with Crippen molar-refractivity contribution in [3.8, 4) is 11.5 Å². The molecular weight excluding hydrogens is 404 g/mol. The molecule has 2 aromatic carbocycles. The number of para-hydroxylation sites is 1. The van der Waals surface area contributed by atoms with Gasteiger partial charge in [0, 0.05) is 37.7 Å². The van der Waals surface area contributed by atoms with Crippen molar-refractivity contribution in [1.82, 2.24) is 9.80 Å². The summed E-state index contributed by atoms with van der Waals surface area (Å²) >= 11 is 0. The van der Waals surface area contributed by atoms with Crippen molar-refractivity contribution < 1.29 is 19.1 Å². The Morgan fingerprint density at radius 2 is 1.47 bits per heavy atom. The van der Waals surface area contributed by atoms with Crippen LogP contribution in [0.25, 0.3) is 0 Å². The number of rotatable bonds is 7. The monoisotopic (exact) mass is 436 g/mol. The summed E-state index contributed by atoms with van der Waals surface area (Å²) in [5.74, 6) is 1.88. The molecule has 2 fully saturated rings. The second kappa shape index (κ2) is 11.0. The van der Waals surface area contributed by atoms with Crippen molar-refractivity contribution in [3.05, 3.63) is 60.2 Å². The van der Waals surface area contributed by atoms with Crippen LogP contribution in [0.3, 0.4) is 0 Å². The number of likely N-dealkylation sites (tertiary alicyclic amines) is 2. The predicted molar refractivity (Wildman–Crippen MR) is 123 cm³/mol. The van der Waals surface area contributed by atoms with Gasteiger partial charge < -0.3 is 19.3 Å². The van der Waals surface area contributed by atoms with Crippen LogP contribution < -0.4 is 9.47 Å². The standard InChI is InChI=1S/C26H32N2O4/c29-25(20-32-23-9-3-1-4-10-23)28-17-7-8-21(18-28)19-31-24-13-11-22(12-14-24)26(30)27-15-5-2-6-16-27/h1,3-4,9-14,21H,2,5-8,15-20H2/t21-/m1/s1. The lowest BCUT2D eigenvalue weighted by molar-refractivity contribution is -0.135. The van der Waals surface area contributed by atoms with E-state index in [4.69, 9.17) is 9.47 Å². The van der Waals surface area contributed by atoms with Gasteiger partial charge in [0.15, 0.2) is 6.61 Å². The average Bonchev–Trinajstić information content (AvgIpc) is 2.87. The fraction of sp³-hybridized carbons (Fsp3) is 0.462. The third-order valence-electron chi connectivity index (χ3n) is 6.21. The molecule has 2 aliphatic heterocycles. The minimum Gasteiger partial charge on any atom is -0.493 e. The fourth-order valence-corrected chi connectivity index (χ4v) is 4.37. The van der Waals surface area contributed by atoms with E-state index in [-0.39, 0.29) is 18.4 Å². The highest BCUT2D eigenvalue weighted by Crippen LogP contribution is 2.21. The Bertz CT molecular complexity index is 878. The van der Waals surface area contributed by atoms with Gasteiger partial charge in [-0.25, -0.2) is 0 Å². The van der Waals surface area contributed by atoms with E-state index in [0.29, 0.717) is 30.4 Å². The van der Waals surface area contributed by atoms with E-state index in [1.54, 1.807) is 0 Å². The van der Waals surface area contributed by atoms with Crippen LogP contribution in [0.2, 0.25) is 0 Å². The SMILES string of the molecule is O=C(COc1ccccc1)N1CCC[C@@H](COc2ccc(C(=O)N3CCCCC3)cc2)C1. The Morgan fingerprint density at radius 3 is 2.22 bits per heavy atom. The van der Waals surface area contributed by atoms with Gasteiger partial charge in [0.2, 0.25) is 0 Å². The number of nitrogens with zero attached hydrogens (tertiary/aromatic N) is 2. The van der Waals surface area contributed by atoms with Crippen molar-refractivity contribution >= 4 is 11.8 Å². The third kappa shape index (κ3) is 6.02. The van der Waals surface area contributed by atoms with Crippen LogP contribution in [-0.4, -0.2) is 61.0 Å². The topological polar surface area (TPSA) is 59.1 Å². The number of hydrogen-bond donors (Lipinski definition) is 0. The first-order valence-electron chi connectivity index (χ1n) is 11.7. The van der Waals surface area contributed by atoms with Crippen molar-refractivity contribution in [2.24, 2.45) is 5.92 Å². The molecule has 0 aromatic heterocycles. The number of benzene rings is 2. The molecule has 2 heterocycles. The van der Waals surface area contributed by atoms with Crippen molar-refractivity contribution in [3.63, 3.8) is 0 Å².